The molecular formula is C18H24. The molecule has 0 fully saturated rings. The lowest BCUT2D eigenvalue weighted by atomic mass is 10.1. The highest BCUT2D eigenvalue weighted by Crippen LogP contribution is 2.17. The fourth-order valence-electron chi connectivity index (χ4n) is 1.84. The van der Waals surface area contributed by atoms with Gasteiger partial charge in [-0.1, -0.05) is 94.3 Å². The Labute approximate surface area is 112 Å². The van der Waals surface area contributed by atoms with Crippen molar-refractivity contribution >= 4 is 0 Å². The molecule has 2 aromatic carbocycles. The van der Waals surface area contributed by atoms with Crippen LogP contribution in [0.25, 0.3) is 11.1 Å². The van der Waals surface area contributed by atoms with Crippen LogP contribution in [0.3, 0.4) is 0 Å². The van der Waals surface area contributed by atoms with Crippen LogP contribution in [-0.2, 0) is 0 Å². The number of rotatable bonds is 3. The minimum atomic E-state index is 0.898. The Morgan fingerprint density at radius 1 is 0.722 bits per heavy atom. The van der Waals surface area contributed by atoms with Gasteiger partial charge in [-0.25, -0.2) is 0 Å². The van der Waals surface area contributed by atoms with Crippen LogP contribution in [0.15, 0.2) is 60.7 Å². The van der Waals surface area contributed by atoms with Crippen molar-refractivity contribution in [2.45, 2.75) is 33.6 Å². The number of benzene rings is 2. The first-order chi connectivity index (χ1) is 8.74. The lowest BCUT2D eigenvalue weighted by Crippen LogP contribution is -1.81. The van der Waals surface area contributed by atoms with Crippen molar-refractivity contribution in [3.05, 3.63) is 60.7 Å². The van der Waals surface area contributed by atoms with Gasteiger partial charge in [-0.2, -0.15) is 0 Å². The first-order valence-corrected chi connectivity index (χ1v) is 6.84. The maximum atomic E-state index is 2.25. The van der Waals surface area contributed by atoms with Crippen LogP contribution in [0.5, 0.6) is 0 Å². The Balaban J connectivity index is 0.000000232. The molecule has 0 aliphatic heterocycles. The Morgan fingerprint density at radius 2 is 1.11 bits per heavy atom. The van der Waals surface area contributed by atoms with Gasteiger partial charge in [0.25, 0.3) is 0 Å². The third kappa shape index (κ3) is 5.67. The van der Waals surface area contributed by atoms with E-state index in [1.165, 1.54) is 24.0 Å². The van der Waals surface area contributed by atoms with Crippen LogP contribution >= 0.6 is 0 Å². The molecule has 0 amide bonds. The SMILES string of the molecule is CCCC(C)C.c1ccc(-c2ccccc2)cc1. The van der Waals surface area contributed by atoms with Gasteiger partial charge in [-0.3, -0.25) is 0 Å². The van der Waals surface area contributed by atoms with Gasteiger partial charge in [0, 0.05) is 0 Å². The predicted octanol–water partition coefficient (Wildman–Crippen LogP) is 5.80. The second kappa shape index (κ2) is 8.52. The quantitative estimate of drug-likeness (QED) is 0.636. The molecule has 0 unspecified atom stereocenters. The third-order valence-corrected chi connectivity index (χ3v) is 2.75. The van der Waals surface area contributed by atoms with E-state index in [1.54, 1.807) is 0 Å². The van der Waals surface area contributed by atoms with Gasteiger partial charge < -0.3 is 0 Å². The zero-order valence-electron chi connectivity index (χ0n) is 11.8. The van der Waals surface area contributed by atoms with Crippen molar-refractivity contribution in [3.8, 4) is 11.1 Å². The molecule has 0 nitrogen and oxygen atoms in total. The van der Waals surface area contributed by atoms with Crippen LogP contribution in [0, 0.1) is 5.92 Å². The topological polar surface area (TPSA) is 0 Å². The summed E-state index contributed by atoms with van der Waals surface area (Å²) >= 11 is 0. The molecular weight excluding hydrogens is 216 g/mol. The van der Waals surface area contributed by atoms with Gasteiger partial charge in [-0.05, 0) is 17.0 Å². The van der Waals surface area contributed by atoms with Crippen LogP contribution in [-0.4, -0.2) is 0 Å². The van der Waals surface area contributed by atoms with E-state index in [0.29, 0.717) is 0 Å². The average molecular weight is 240 g/mol. The summed E-state index contributed by atoms with van der Waals surface area (Å²) in [6, 6.07) is 20.8. The van der Waals surface area contributed by atoms with Crippen molar-refractivity contribution in [1.82, 2.24) is 0 Å². The van der Waals surface area contributed by atoms with Crippen molar-refractivity contribution < 1.29 is 0 Å². The van der Waals surface area contributed by atoms with Crippen molar-refractivity contribution in [3.63, 3.8) is 0 Å². The highest BCUT2D eigenvalue weighted by Gasteiger charge is 1.91. The molecule has 0 heterocycles. The number of hydrogen-bond donors (Lipinski definition) is 0. The highest BCUT2D eigenvalue weighted by molar-refractivity contribution is 5.62. The third-order valence-electron chi connectivity index (χ3n) is 2.75. The molecule has 18 heavy (non-hydrogen) atoms. The molecule has 0 saturated carbocycles. The predicted molar refractivity (Wildman–Crippen MR) is 81.6 cm³/mol. The van der Waals surface area contributed by atoms with E-state index in [4.69, 9.17) is 0 Å². The van der Waals surface area contributed by atoms with E-state index in [-0.39, 0.29) is 0 Å². The van der Waals surface area contributed by atoms with E-state index in [2.05, 4.69) is 69.3 Å². The van der Waals surface area contributed by atoms with E-state index in [0.717, 1.165) is 5.92 Å². The summed E-state index contributed by atoms with van der Waals surface area (Å²) in [6.45, 7) is 6.73. The lowest BCUT2D eigenvalue weighted by molar-refractivity contribution is 0.576. The van der Waals surface area contributed by atoms with E-state index in [9.17, 15) is 0 Å². The molecule has 0 saturated heterocycles. The van der Waals surface area contributed by atoms with Gasteiger partial charge in [0.05, 0.1) is 0 Å². The second-order valence-electron chi connectivity index (χ2n) is 4.91. The average Bonchev–Trinajstić information content (AvgIpc) is 2.41. The molecule has 0 aliphatic rings. The Hall–Kier alpha value is -1.56. The van der Waals surface area contributed by atoms with Gasteiger partial charge >= 0.3 is 0 Å². The summed E-state index contributed by atoms with van der Waals surface area (Å²) in [6.07, 6.45) is 2.71. The van der Waals surface area contributed by atoms with Gasteiger partial charge in [0.2, 0.25) is 0 Å². The van der Waals surface area contributed by atoms with Crippen LogP contribution in [0.1, 0.15) is 33.6 Å². The Kier molecular flexibility index (Phi) is 6.86. The Morgan fingerprint density at radius 3 is 1.33 bits per heavy atom. The fraction of sp³-hybridized carbons (Fsp3) is 0.333. The normalized spacial score (nSPS) is 9.78. The molecule has 2 rings (SSSR count). The number of hydrogen-bond acceptors (Lipinski definition) is 0. The van der Waals surface area contributed by atoms with Crippen molar-refractivity contribution in [2.24, 2.45) is 5.92 Å². The van der Waals surface area contributed by atoms with Gasteiger partial charge in [-0.15, -0.1) is 0 Å². The molecule has 0 aliphatic carbocycles. The molecule has 0 radical (unpaired) electrons. The molecule has 0 bridgehead atoms. The maximum absolute atomic E-state index is 2.25. The summed E-state index contributed by atoms with van der Waals surface area (Å²) in [5, 5.41) is 0. The molecule has 2 aromatic rings. The molecule has 0 atom stereocenters. The molecule has 0 N–H and O–H groups in total. The minimum absolute atomic E-state index is 0.898. The molecule has 0 spiro atoms. The van der Waals surface area contributed by atoms with E-state index < -0.39 is 0 Å². The lowest BCUT2D eigenvalue weighted by Gasteiger charge is -1.98. The molecule has 0 aromatic heterocycles. The van der Waals surface area contributed by atoms with Crippen LogP contribution in [0.2, 0.25) is 0 Å². The van der Waals surface area contributed by atoms with Crippen LogP contribution in [0.4, 0.5) is 0 Å². The monoisotopic (exact) mass is 240 g/mol. The van der Waals surface area contributed by atoms with Crippen molar-refractivity contribution in [1.29, 1.82) is 0 Å². The molecule has 0 heteroatoms. The Bertz CT molecular complexity index is 363. The fourth-order valence-corrected chi connectivity index (χ4v) is 1.84. The summed E-state index contributed by atoms with van der Waals surface area (Å²) in [5.41, 5.74) is 2.55. The van der Waals surface area contributed by atoms with E-state index >= 15 is 0 Å². The van der Waals surface area contributed by atoms with Crippen molar-refractivity contribution in [2.75, 3.05) is 0 Å². The maximum Gasteiger partial charge on any atom is -0.0184 e. The first-order valence-electron chi connectivity index (χ1n) is 6.84. The summed E-state index contributed by atoms with van der Waals surface area (Å²) in [5.74, 6) is 0.898. The van der Waals surface area contributed by atoms with Gasteiger partial charge in [0.1, 0.15) is 0 Å². The van der Waals surface area contributed by atoms with Crippen LogP contribution < -0.4 is 0 Å². The zero-order valence-corrected chi connectivity index (χ0v) is 11.8. The van der Waals surface area contributed by atoms with Gasteiger partial charge in [0.15, 0.2) is 0 Å². The zero-order chi connectivity index (χ0) is 13.2. The minimum Gasteiger partial charge on any atom is -0.0654 e. The second-order valence-corrected chi connectivity index (χ2v) is 4.91. The largest absolute Gasteiger partial charge is 0.0654 e. The smallest absolute Gasteiger partial charge is 0.0184 e. The summed E-state index contributed by atoms with van der Waals surface area (Å²) in [4.78, 5) is 0. The summed E-state index contributed by atoms with van der Waals surface area (Å²) in [7, 11) is 0. The summed E-state index contributed by atoms with van der Waals surface area (Å²) < 4.78 is 0. The molecule has 96 valence electrons. The standard InChI is InChI=1S/C12H10.C6H14/c1-3-7-11(8-4-1)12-9-5-2-6-10-12;1-4-5-6(2)3/h1-10H;6H,4-5H2,1-3H3. The highest BCUT2D eigenvalue weighted by atomic mass is 14.0. The first kappa shape index (κ1) is 14.5. The van der Waals surface area contributed by atoms with E-state index in [1.807, 2.05) is 12.1 Å².